The summed E-state index contributed by atoms with van der Waals surface area (Å²) >= 11 is 5.29. The number of nitrogens with zero attached hydrogens (tertiary/aromatic N) is 2. The van der Waals surface area contributed by atoms with Crippen molar-refractivity contribution in [2.75, 3.05) is 6.00 Å². The highest BCUT2D eigenvalue weighted by Crippen LogP contribution is 2.20. The normalized spacial score (nSPS) is 12.0. The van der Waals surface area contributed by atoms with E-state index >= 15 is 0 Å². The molecule has 3 aromatic rings. The maximum atomic E-state index is 14.6. The minimum absolute atomic E-state index is 0.0310. The third kappa shape index (κ3) is 6.62. The van der Waals surface area contributed by atoms with Crippen LogP contribution in [0.4, 0.5) is 13.2 Å². The van der Waals surface area contributed by atoms with E-state index < -0.39 is 53.5 Å². The van der Waals surface area contributed by atoms with E-state index in [1.54, 1.807) is 35.6 Å². The zero-order valence-electron chi connectivity index (χ0n) is 19.5. The van der Waals surface area contributed by atoms with Crippen molar-refractivity contribution in [3.63, 3.8) is 0 Å². The molecule has 0 saturated heterocycles. The molecular formula is C25H22ClF3N4O4. The van der Waals surface area contributed by atoms with E-state index in [0.29, 0.717) is 11.1 Å². The highest BCUT2D eigenvalue weighted by molar-refractivity contribution is 6.19. The van der Waals surface area contributed by atoms with Crippen LogP contribution in [0.1, 0.15) is 11.1 Å². The fourth-order valence-electron chi connectivity index (χ4n) is 3.51. The zero-order chi connectivity index (χ0) is 27.2. The van der Waals surface area contributed by atoms with Crippen LogP contribution in [-0.2, 0) is 27.3 Å². The Kier molecular flexibility index (Phi) is 8.82. The van der Waals surface area contributed by atoms with Gasteiger partial charge in [0, 0.05) is 23.7 Å². The van der Waals surface area contributed by atoms with Crippen LogP contribution in [0, 0.1) is 12.7 Å². The van der Waals surface area contributed by atoms with Crippen molar-refractivity contribution in [1.82, 2.24) is 20.2 Å². The molecule has 1 atom stereocenters. The average molecular weight is 535 g/mol. The number of amides is 2. The highest BCUT2D eigenvalue weighted by atomic mass is 35.5. The van der Waals surface area contributed by atoms with Gasteiger partial charge in [0.2, 0.25) is 11.7 Å². The molecule has 0 aliphatic rings. The number of carbonyl (C=O) groups excluding carboxylic acids is 3. The molecule has 0 aliphatic heterocycles. The molecule has 1 aromatic heterocycles. The Balaban J connectivity index is 1.93. The summed E-state index contributed by atoms with van der Waals surface area (Å²) in [5, 5.41) is 3.91. The molecular weight excluding hydrogens is 513 g/mol. The van der Waals surface area contributed by atoms with Crippen LogP contribution < -0.4 is 16.2 Å². The molecule has 3 rings (SSSR count). The molecule has 0 radical (unpaired) electrons. The molecule has 194 valence electrons. The Hall–Kier alpha value is -3.99. The van der Waals surface area contributed by atoms with Crippen molar-refractivity contribution in [3.8, 4) is 11.4 Å². The van der Waals surface area contributed by atoms with Crippen LogP contribution in [0.15, 0.2) is 65.6 Å². The Morgan fingerprint density at radius 2 is 1.73 bits per heavy atom. The third-order valence-electron chi connectivity index (χ3n) is 5.38. The molecule has 0 bridgehead atoms. The average Bonchev–Trinajstić information content (AvgIpc) is 2.87. The van der Waals surface area contributed by atoms with Crippen LogP contribution >= 0.6 is 11.6 Å². The van der Waals surface area contributed by atoms with Gasteiger partial charge in [-0.3, -0.25) is 23.7 Å². The quantitative estimate of drug-likeness (QED) is 0.236. The molecule has 8 nitrogen and oxygen atoms in total. The highest BCUT2D eigenvalue weighted by Gasteiger charge is 2.50. The van der Waals surface area contributed by atoms with Crippen LogP contribution in [0.3, 0.4) is 0 Å². The Morgan fingerprint density at radius 3 is 2.35 bits per heavy atom. The Morgan fingerprint density at radius 1 is 1.08 bits per heavy atom. The summed E-state index contributed by atoms with van der Waals surface area (Å²) in [6, 6.07) is 10.6. The predicted octanol–water partition coefficient (Wildman–Crippen LogP) is 2.60. The van der Waals surface area contributed by atoms with E-state index in [2.05, 4.69) is 10.3 Å². The molecule has 2 amide bonds. The van der Waals surface area contributed by atoms with E-state index in [0.717, 1.165) is 16.7 Å². The molecule has 0 spiro atoms. The Bertz CT molecular complexity index is 1350. The SMILES string of the molecule is Cc1cnc(-c2ccc(F)cc2)n(CC(=O)NC(Cc2ccccc2)C(=O)C(F)(F)C(=O)NCCl)c1=O. The van der Waals surface area contributed by atoms with Gasteiger partial charge in [-0.1, -0.05) is 30.3 Å². The minimum Gasteiger partial charge on any atom is -0.344 e. The molecule has 0 aliphatic carbocycles. The van der Waals surface area contributed by atoms with Crippen LogP contribution in [0.25, 0.3) is 11.4 Å². The smallest absolute Gasteiger partial charge is 0.344 e. The number of carbonyl (C=O) groups is 3. The van der Waals surface area contributed by atoms with Crippen LogP contribution in [0.5, 0.6) is 0 Å². The number of aromatic nitrogens is 2. The number of hydrogen-bond donors (Lipinski definition) is 2. The monoisotopic (exact) mass is 534 g/mol. The number of benzene rings is 2. The lowest BCUT2D eigenvalue weighted by Crippen LogP contribution is -2.55. The first kappa shape index (κ1) is 27.6. The molecule has 37 heavy (non-hydrogen) atoms. The summed E-state index contributed by atoms with van der Waals surface area (Å²) in [4.78, 5) is 54.5. The fraction of sp³-hybridized carbons (Fsp3) is 0.240. The number of alkyl halides is 3. The standard InChI is InChI=1S/C25H22ClF3N4O4/c1-15-12-30-22(17-7-9-18(27)10-8-17)33(23(15)36)13-20(34)32-19(11-16-5-3-2-4-6-16)21(35)25(28,29)24(37)31-14-26/h2-10,12,19H,11,13-14H2,1H3,(H,31,37)(H,32,34). The van der Waals surface area contributed by atoms with Gasteiger partial charge in [-0.05, 0) is 36.8 Å². The largest absolute Gasteiger partial charge is 0.383 e. The summed E-state index contributed by atoms with van der Waals surface area (Å²) in [6.45, 7) is 0.786. The maximum absolute atomic E-state index is 14.6. The van der Waals surface area contributed by atoms with E-state index in [9.17, 15) is 32.3 Å². The van der Waals surface area contributed by atoms with Crippen molar-refractivity contribution >= 4 is 29.2 Å². The van der Waals surface area contributed by atoms with Crippen LogP contribution in [-0.4, -0.2) is 45.1 Å². The minimum atomic E-state index is -4.48. The topological polar surface area (TPSA) is 110 Å². The second-order valence-corrected chi connectivity index (χ2v) is 8.32. The molecule has 1 unspecified atom stereocenters. The van der Waals surface area contributed by atoms with Crippen molar-refractivity contribution in [2.45, 2.75) is 31.9 Å². The number of Topliss-reactive ketones (excluding diaryl/α,β-unsaturated/α-hetero) is 1. The van der Waals surface area contributed by atoms with E-state index in [4.69, 9.17) is 11.6 Å². The van der Waals surface area contributed by atoms with Crippen molar-refractivity contribution in [3.05, 3.63) is 88.1 Å². The van der Waals surface area contributed by atoms with Gasteiger partial charge in [0.15, 0.2) is 0 Å². The van der Waals surface area contributed by atoms with Crippen molar-refractivity contribution in [1.29, 1.82) is 0 Å². The van der Waals surface area contributed by atoms with Gasteiger partial charge >= 0.3 is 5.92 Å². The van der Waals surface area contributed by atoms with E-state index in [1.165, 1.54) is 25.3 Å². The van der Waals surface area contributed by atoms with Gasteiger partial charge in [0.05, 0.1) is 12.0 Å². The first-order chi connectivity index (χ1) is 17.5. The van der Waals surface area contributed by atoms with Crippen molar-refractivity contribution < 1.29 is 27.6 Å². The van der Waals surface area contributed by atoms with Gasteiger partial charge < -0.3 is 10.6 Å². The van der Waals surface area contributed by atoms with Gasteiger partial charge in [-0.25, -0.2) is 9.37 Å². The fourth-order valence-corrected chi connectivity index (χ4v) is 3.63. The lowest BCUT2D eigenvalue weighted by molar-refractivity contribution is -0.160. The molecule has 0 fully saturated rings. The Labute approximate surface area is 214 Å². The number of rotatable bonds is 10. The lowest BCUT2D eigenvalue weighted by Gasteiger charge is -2.23. The maximum Gasteiger partial charge on any atom is 0.383 e. The van der Waals surface area contributed by atoms with Crippen LogP contribution in [0.2, 0.25) is 0 Å². The first-order valence-corrected chi connectivity index (χ1v) is 11.5. The van der Waals surface area contributed by atoms with Gasteiger partial charge in [-0.2, -0.15) is 8.78 Å². The summed E-state index contributed by atoms with van der Waals surface area (Å²) in [6.07, 6.45) is 0.939. The number of nitrogens with one attached hydrogen (secondary N) is 2. The molecule has 12 heteroatoms. The van der Waals surface area contributed by atoms with Gasteiger partial charge in [0.1, 0.15) is 18.2 Å². The van der Waals surface area contributed by atoms with E-state index in [1.807, 2.05) is 0 Å². The lowest BCUT2D eigenvalue weighted by atomic mass is 9.98. The van der Waals surface area contributed by atoms with Crippen molar-refractivity contribution in [2.24, 2.45) is 0 Å². The molecule has 2 aromatic carbocycles. The van der Waals surface area contributed by atoms with Gasteiger partial charge in [-0.15, -0.1) is 11.6 Å². The van der Waals surface area contributed by atoms with Gasteiger partial charge in [0.25, 0.3) is 11.5 Å². The third-order valence-corrected chi connectivity index (χ3v) is 5.51. The second-order valence-electron chi connectivity index (χ2n) is 8.05. The molecule has 2 N–H and O–H groups in total. The van der Waals surface area contributed by atoms with E-state index in [-0.39, 0.29) is 17.8 Å². The summed E-state index contributed by atoms with van der Waals surface area (Å²) < 4.78 is 43.6. The molecule has 1 heterocycles. The summed E-state index contributed by atoms with van der Waals surface area (Å²) in [7, 11) is 0. The number of aryl methyl sites for hydroxylation is 1. The molecule has 0 saturated carbocycles. The predicted molar refractivity (Wildman–Crippen MR) is 130 cm³/mol. The number of ketones is 1. The first-order valence-electron chi connectivity index (χ1n) is 11.0. The second kappa shape index (κ2) is 11.8. The zero-order valence-corrected chi connectivity index (χ0v) is 20.3. The number of halogens is 4. The number of hydrogen-bond acceptors (Lipinski definition) is 5. The summed E-state index contributed by atoms with van der Waals surface area (Å²) in [5.41, 5.74) is 0.366. The summed E-state index contributed by atoms with van der Waals surface area (Å²) in [5.74, 6) is -9.69.